The summed E-state index contributed by atoms with van der Waals surface area (Å²) in [5.74, 6) is -0.241. The van der Waals surface area contributed by atoms with Crippen LogP contribution in [0.5, 0.6) is 0 Å². The number of hydrogen-bond acceptors (Lipinski definition) is 2. The number of rotatable bonds is 5. The van der Waals surface area contributed by atoms with E-state index in [0.717, 1.165) is 23.5 Å². The van der Waals surface area contributed by atoms with Gasteiger partial charge < -0.3 is 0 Å². The molecule has 0 spiro atoms. The molecule has 3 heteroatoms. The second-order valence-corrected chi connectivity index (χ2v) is 3.53. The number of unbranched alkanes of at least 4 members (excludes halogenated alkanes) is 1. The van der Waals surface area contributed by atoms with Crippen molar-refractivity contribution >= 4 is 5.91 Å². The van der Waals surface area contributed by atoms with Gasteiger partial charge >= 0.3 is 0 Å². The summed E-state index contributed by atoms with van der Waals surface area (Å²) in [4.78, 5) is 11.5. The molecule has 3 nitrogen and oxygen atoms in total. The highest BCUT2D eigenvalue weighted by atomic mass is 16.5. The van der Waals surface area contributed by atoms with Gasteiger partial charge in [0.15, 0.2) is 0 Å². The Bertz CT molecular complexity index is 298. The summed E-state index contributed by atoms with van der Waals surface area (Å²) in [7, 11) is 0. The highest BCUT2D eigenvalue weighted by molar-refractivity contribution is 5.77. The van der Waals surface area contributed by atoms with Crippen LogP contribution < -0.4 is 0 Å². The van der Waals surface area contributed by atoms with Gasteiger partial charge in [-0.2, -0.15) is 0 Å². The Hall–Kier alpha value is -1.35. The zero-order chi connectivity index (χ0) is 11.1. The van der Waals surface area contributed by atoms with E-state index in [9.17, 15) is 10.0 Å². The molecule has 1 rings (SSSR count). The maximum atomic E-state index is 11.5. The van der Waals surface area contributed by atoms with E-state index in [0.29, 0.717) is 6.54 Å². The van der Waals surface area contributed by atoms with Gasteiger partial charge in [-0.3, -0.25) is 10.0 Å². The van der Waals surface area contributed by atoms with Crippen molar-refractivity contribution in [3.8, 4) is 0 Å². The number of carbonyl (C=O) groups is 1. The Morgan fingerprint density at radius 1 is 1.33 bits per heavy atom. The average Bonchev–Trinajstić information content (AvgIpc) is 2.27. The lowest BCUT2D eigenvalue weighted by atomic mass is 10.1. The van der Waals surface area contributed by atoms with Gasteiger partial charge in [-0.25, -0.2) is 5.06 Å². The summed E-state index contributed by atoms with van der Waals surface area (Å²) < 4.78 is 0. The molecule has 15 heavy (non-hydrogen) atoms. The third kappa shape index (κ3) is 4.13. The van der Waals surface area contributed by atoms with Gasteiger partial charge in [0.2, 0.25) is 5.91 Å². The van der Waals surface area contributed by atoms with Crippen molar-refractivity contribution in [1.82, 2.24) is 5.06 Å². The summed E-state index contributed by atoms with van der Waals surface area (Å²) in [6.45, 7) is 2.44. The van der Waals surface area contributed by atoms with Crippen LogP contribution >= 0.6 is 0 Å². The van der Waals surface area contributed by atoms with E-state index in [-0.39, 0.29) is 12.3 Å². The van der Waals surface area contributed by atoms with Crippen LogP contribution in [0.3, 0.4) is 0 Å². The maximum absolute atomic E-state index is 11.5. The average molecular weight is 207 g/mol. The molecule has 0 radical (unpaired) electrons. The number of hydrogen-bond donors (Lipinski definition) is 1. The van der Waals surface area contributed by atoms with Gasteiger partial charge in [0, 0.05) is 6.54 Å². The monoisotopic (exact) mass is 207 g/mol. The molecule has 0 aliphatic heterocycles. The van der Waals surface area contributed by atoms with Crippen LogP contribution in [0.1, 0.15) is 25.3 Å². The molecule has 1 aromatic carbocycles. The normalized spacial score (nSPS) is 10.0. The number of benzene rings is 1. The molecule has 0 bridgehead atoms. The summed E-state index contributed by atoms with van der Waals surface area (Å²) >= 11 is 0. The maximum Gasteiger partial charge on any atom is 0.250 e. The fourth-order valence-electron chi connectivity index (χ4n) is 1.29. The van der Waals surface area contributed by atoms with Crippen LogP contribution in [0.15, 0.2) is 30.3 Å². The Morgan fingerprint density at radius 3 is 2.60 bits per heavy atom. The summed E-state index contributed by atoms with van der Waals surface area (Å²) in [5, 5.41) is 10.2. The fraction of sp³-hybridized carbons (Fsp3) is 0.417. The van der Waals surface area contributed by atoms with Crippen molar-refractivity contribution in [3.63, 3.8) is 0 Å². The van der Waals surface area contributed by atoms with Gasteiger partial charge in [0.05, 0.1) is 6.42 Å². The van der Waals surface area contributed by atoms with Gasteiger partial charge in [-0.15, -0.1) is 0 Å². The quantitative estimate of drug-likeness (QED) is 0.594. The van der Waals surface area contributed by atoms with E-state index in [1.54, 1.807) is 0 Å². The fourth-order valence-corrected chi connectivity index (χ4v) is 1.29. The second-order valence-electron chi connectivity index (χ2n) is 3.53. The first kappa shape index (κ1) is 11.7. The Morgan fingerprint density at radius 2 is 2.00 bits per heavy atom. The van der Waals surface area contributed by atoms with E-state index >= 15 is 0 Å². The van der Waals surface area contributed by atoms with Gasteiger partial charge in [-0.1, -0.05) is 43.7 Å². The van der Waals surface area contributed by atoms with Gasteiger partial charge in [0.25, 0.3) is 0 Å². The first-order chi connectivity index (χ1) is 7.24. The summed E-state index contributed by atoms with van der Waals surface area (Å²) in [6, 6.07) is 9.44. The summed E-state index contributed by atoms with van der Waals surface area (Å²) in [6.07, 6.45) is 2.06. The minimum Gasteiger partial charge on any atom is -0.286 e. The van der Waals surface area contributed by atoms with Crippen molar-refractivity contribution in [2.75, 3.05) is 6.54 Å². The SMILES string of the molecule is CCCCN(O)C(=O)Cc1ccccc1. The highest BCUT2D eigenvalue weighted by Gasteiger charge is 2.10. The number of hydroxylamine groups is 2. The molecule has 82 valence electrons. The van der Waals surface area contributed by atoms with Crippen molar-refractivity contribution in [2.45, 2.75) is 26.2 Å². The zero-order valence-electron chi connectivity index (χ0n) is 9.02. The van der Waals surface area contributed by atoms with Crippen molar-refractivity contribution in [2.24, 2.45) is 0 Å². The first-order valence-electron chi connectivity index (χ1n) is 5.27. The van der Waals surface area contributed by atoms with Crippen LogP contribution in [-0.4, -0.2) is 22.7 Å². The molecular formula is C12H17NO2. The molecule has 0 fully saturated rings. The molecule has 0 atom stereocenters. The number of carbonyl (C=O) groups excluding carboxylic acids is 1. The van der Waals surface area contributed by atoms with Crippen molar-refractivity contribution < 1.29 is 10.0 Å². The standard InChI is InChI=1S/C12H17NO2/c1-2-3-9-13(15)12(14)10-11-7-5-4-6-8-11/h4-8,15H,2-3,9-10H2,1H3. The molecule has 0 saturated heterocycles. The second kappa shape index (κ2) is 6.19. The van der Waals surface area contributed by atoms with Gasteiger partial charge in [0.1, 0.15) is 0 Å². The van der Waals surface area contributed by atoms with Crippen molar-refractivity contribution in [1.29, 1.82) is 0 Å². The molecule has 1 amide bonds. The number of nitrogens with zero attached hydrogens (tertiary/aromatic N) is 1. The first-order valence-corrected chi connectivity index (χ1v) is 5.27. The van der Waals surface area contributed by atoms with Gasteiger partial charge in [-0.05, 0) is 12.0 Å². The topological polar surface area (TPSA) is 40.5 Å². The Kier molecular flexibility index (Phi) is 4.84. The molecule has 1 N–H and O–H groups in total. The molecule has 0 aromatic heterocycles. The van der Waals surface area contributed by atoms with E-state index in [1.165, 1.54) is 0 Å². The minimum atomic E-state index is -0.241. The number of amides is 1. The van der Waals surface area contributed by atoms with Crippen LogP contribution in [0.2, 0.25) is 0 Å². The predicted molar refractivity (Wildman–Crippen MR) is 58.6 cm³/mol. The Balaban J connectivity index is 2.42. The minimum absolute atomic E-state index is 0.241. The summed E-state index contributed by atoms with van der Waals surface area (Å²) in [5.41, 5.74) is 0.929. The molecular weight excluding hydrogens is 190 g/mol. The highest BCUT2D eigenvalue weighted by Crippen LogP contribution is 2.02. The van der Waals surface area contributed by atoms with E-state index in [2.05, 4.69) is 0 Å². The van der Waals surface area contributed by atoms with Crippen LogP contribution in [0, 0.1) is 0 Å². The molecule has 1 aromatic rings. The van der Waals surface area contributed by atoms with E-state index in [1.807, 2.05) is 37.3 Å². The third-order valence-corrected chi connectivity index (χ3v) is 2.21. The lowest BCUT2D eigenvalue weighted by Gasteiger charge is -2.14. The van der Waals surface area contributed by atoms with E-state index in [4.69, 9.17) is 0 Å². The molecule has 0 saturated carbocycles. The molecule has 0 unspecified atom stereocenters. The van der Waals surface area contributed by atoms with E-state index < -0.39 is 0 Å². The lowest BCUT2D eigenvalue weighted by molar-refractivity contribution is -0.164. The zero-order valence-corrected chi connectivity index (χ0v) is 9.02. The van der Waals surface area contributed by atoms with Crippen LogP contribution in [0.4, 0.5) is 0 Å². The van der Waals surface area contributed by atoms with Crippen LogP contribution in [-0.2, 0) is 11.2 Å². The molecule has 0 heterocycles. The Labute approximate surface area is 90.3 Å². The largest absolute Gasteiger partial charge is 0.286 e. The van der Waals surface area contributed by atoms with Crippen molar-refractivity contribution in [3.05, 3.63) is 35.9 Å². The lowest BCUT2D eigenvalue weighted by Crippen LogP contribution is -2.29. The smallest absolute Gasteiger partial charge is 0.250 e. The molecule has 0 aliphatic rings. The molecule has 0 aliphatic carbocycles. The third-order valence-electron chi connectivity index (χ3n) is 2.21. The predicted octanol–water partition coefficient (Wildman–Crippen LogP) is 2.25. The van der Waals surface area contributed by atoms with Crippen LogP contribution in [0.25, 0.3) is 0 Å².